The van der Waals surface area contributed by atoms with Gasteiger partial charge in [0.1, 0.15) is 0 Å². The third-order valence-electron chi connectivity index (χ3n) is 0.515. The number of carbonyl (C=O) groups is 1. The van der Waals surface area contributed by atoms with Crippen molar-refractivity contribution >= 4 is 28.6 Å². The molecule has 1 radical (unpaired) electrons. The lowest BCUT2D eigenvalue weighted by Gasteiger charge is -1.81. The van der Waals surface area contributed by atoms with Gasteiger partial charge < -0.3 is 0 Å². The van der Waals surface area contributed by atoms with Gasteiger partial charge in [-0.2, -0.15) is 0 Å². The smallest absolute Gasteiger partial charge is 0.247 e. The van der Waals surface area contributed by atoms with Crippen LogP contribution >= 0.6 is 22.6 Å². The fraction of sp³-hybridized carbons (Fsp3) is 0.750. The van der Waals surface area contributed by atoms with Crippen molar-refractivity contribution in [3.05, 3.63) is 0 Å². The van der Waals surface area contributed by atoms with Gasteiger partial charge in [-0.3, -0.25) is 0 Å². The summed E-state index contributed by atoms with van der Waals surface area (Å²) in [5.41, 5.74) is 0. The summed E-state index contributed by atoms with van der Waals surface area (Å²) in [6.07, 6.45) is 0.922. The first-order valence-electron chi connectivity index (χ1n) is 2.03. The Morgan fingerprint density at radius 3 is 2.29 bits per heavy atom. The average molecular weight is 213 g/mol. The Labute approximate surface area is 56.1 Å². The number of halogens is 1. The number of rotatable bonds is 3. The quantitative estimate of drug-likeness (QED) is 0.511. The summed E-state index contributed by atoms with van der Waals surface area (Å²) in [6.45, 7) is 0. The molecule has 0 fully saturated rings. The van der Waals surface area contributed by atoms with E-state index in [0.29, 0.717) is 0 Å². The van der Waals surface area contributed by atoms with Crippen molar-refractivity contribution in [3.63, 3.8) is 0 Å². The fourth-order valence-electron chi connectivity index (χ4n) is 0.211. The van der Waals surface area contributed by atoms with Crippen LogP contribution in [0, 0.1) is 0 Å². The van der Waals surface area contributed by atoms with Gasteiger partial charge in [0, 0.05) is 4.43 Å². The zero-order valence-corrected chi connectivity index (χ0v) is 5.97. The summed E-state index contributed by atoms with van der Waals surface area (Å²) in [4.78, 5) is 9.64. The van der Waals surface area contributed by atoms with Crippen molar-refractivity contribution in [2.24, 2.45) is 0 Å². The number of carbonyl (C=O) groups excluding carboxylic acids is 1. The second-order valence-corrected chi connectivity index (χ2v) is 2.24. The molecule has 0 spiro atoms. The molecular weight excluding hydrogens is 207 g/mol. The van der Waals surface area contributed by atoms with Gasteiger partial charge in [0.15, 0.2) is 0 Å². The Balaban J connectivity index is 2.82. The number of alkyl halides is 1. The highest BCUT2D eigenvalue weighted by Gasteiger charge is 1.94. The molecule has 7 heavy (non-hydrogen) atoms. The Kier molecular flexibility index (Phi) is 4.49. The number of hydrogen-bond acceptors (Lipinski definition) is 1. The first kappa shape index (κ1) is 7.20. The SMILES string of the molecule is [O]C(=O)CCCI. The summed E-state index contributed by atoms with van der Waals surface area (Å²) in [6, 6.07) is 0. The topological polar surface area (TPSA) is 37.0 Å². The molecule has 0 amide bonds. The van der Waals surface area contributed by atoms with Crippen molar-refractivity contribution in [2.45, 2.75) is 12.8 Å². The first-order valence-corrected chi connectivity index (χ1v) is 3.55. The molecule has 0 saturated heterocycles. The lowest BCUT2D eigenvalue weighted by Crippen LogP contribution is -1.90. The maximum atomic E-state index is 9.64. The Morgan fingerprint density at radius 1 is 1.57 bits per heavy atom. The molecule has 0 unspecified atom stereocenters. The third kappa shape index (κ3) is 6.20. The molecule has 0 atom stereocenters. The van der Waals surface area contributed by atoms with Crippen molar-refractivity contribution in [1.29, 1.82) is 0 Å². The fourth-order valence-corrected chi connectivity index (χ4v) is 0.593. The molecule has 0 saturated carbocycles. The van der Waals surface area contributed by atoms with Crippen molar-refractivity contribution < 1.29 is 9.90 Å². The maximum Gasteiger partial charge on any atom is 0.355 e. The third-order valence-corrected chi connectivity index (χ3v) is 1.28. The second kappa shape index (κ2) is 4.36. The Morgan fingerprint density at radius 2 is 2.14 bits per heavy atom. The van der Waals surface area contributed by atoms with E-state index >= 15 is 0 Å². The molecule has 3 heteroatoms. The molecule has 2 nitrogen and oxygen atoms in total. The summed E-state index contributed by atoms with van der Waals surface area (Å²) in [5, 5.41) is 9.64. The summed E-state index contributed by atoms with van der Waals surface area (Å²) in [5.74, 6) is -0.948. The average Bonchev–Trinajstić information content (AvgIpc) is 1.61. The molecule has 0 aromatic heterocycles. The molecule has 0 N–H and O–H groups in total. The molecule has 0 bridgehead atoms. The van der Waals surface area contributed by atoms with E-state index in [1.54, 1.807) is 0 Å². The minimum atomic E-state index is -0.948. The molecule has 0 aliphatic heterocycles. The van der Waals surface area contributed by atoms with Gasteiger partial charge in [-0.15, -0.1) is 0 Å². The molecule has 0 aliphatic carbocycles. The van der Waals surface area contributed by atoms with Gasteiger partial charge in [0.25, 0.3) is 0 Å². The van der Waals surface area contributed by atoms with E-state index in [0.717, 1.165) is 10.8 Å². The van der Waals surface area contributed by atoms with E-state index in [4.69, 9.17) is 0 Å². The van der Waals surface area contributed by atoms with Crippen LogP contribution < -0.4 is 0 Å². The van der Waals surface area contributed by atoms with Crippen molar-refractivity contribution in [3.8, 4) is 0 Å². The van der Waals surface area contributed by atoms with Crippen molar-refractivity contribution in [1.82, 2.24) is 0 Å². The molecular formula is C4H6IO2. The predicted octanol–water partition coefficient (Wildman–Crippen LogP) is 1.16. The zero-order chi connectivity index (χ0) is 5.70. The van der Waals surface area contributed by atoms with E-state index in [1.165, 1.54) is 0 Å². The molecule has 0 rings (SSSR count). The van der Waals surface area contributed by atoms with Gasteiger partial charge in [0.2, 0.25) is 0 Å². The van der Waals surface area contributed by atoms with E-state index in [-0.39, 0.29) is 6.42 Å². The lowest BCUT2D eigenvalue weighted by molar-refractivity contribution is -0.143. The predicted molar refractivity (Wildman–Crippen MR) is 33.8 cm³/mol. The largest absolute Gasteiger partial charge is 0.355 e. The molecule has 0 aromatic carbocycles. The van der Waals surface area contributed by atoms with Gasteiger partial charge in [-0.1, -0.05) is 22.6 Å². The first-order chi connectivity index (χ1) is 3.27. The highest BCUT2D eigenvalue weighted by Crippen LogP contribution is 1.92. The van der Waals surface area contributed by atoms with Crippen LogP contribution in [0.5, 0.6) is 0 Å². The van der Waals surface area contributed by atoms with Crippen LogP contribution in [0.3, 0.4) is 0 Å². The van der Waals surface area contributed by atoms with Gasteiger partial charge >= 0.3 is 5.97 Å². The van der Waals surface area contributed by atoms with Gasteiger partial charge in [-0.05, 0) is 6.42 Å². The van der Waals surface area contributed by atoms with E-state index in [2.05, 4.69) is 22.6 Å². The Bertz CT molecular complexity index is 62.7. The van der Waals surface area contributed by atoms with Crippen LogP contribution in [-0.2, 0) is 9.90 Å². The second-order valence-electron chi connectivity index (χ2n) is 1.16. The van der Waals surface area contributed by atoms with Crippen LogP contribution in [0.2, 0.25) is 0 Å². The van der Waals surface area contributed by atoms with Crippen LogP contribution in [-0.4, -0.2) is 10.4 Å². The normalized spacial score (nSPS) is 8.71. The van der Waals surface area contributed by atoms with Crippen LogP contribution in [0.15, 0.2) is 0 Å². The van der Waals surface area contributed by atoms with Crippen LogP contribution in [0.4, 0.5) is 0 Å². The zero-order valence-electron chi connectivity index (χ0n) is 3.82. The van der Waals surface area contributed by atoms with E-state index in [9.17, 15) is 9.90 Å². The minimum Gasteiger partial charge on any atom is -0.247 e. The summed E-state index contributed by atoms with van der Waals surface area (Å²) >= 11 is 2.13. The van der Waals surface area contributed by atoms with Crippen LogP contribution in [0.1, 0.15) is 12.8 Å². The maximum absolute atomic E-state index is 9.64. The molecule has 0 heterocycles. The molecule has 41 valence electrons. The minimum absolute atomic E-state index is 0.197. The highest BCUT2D eigenvalue weighted by atomic mass is 127. The number of hydrogen-bond donors (Lipinski definition) is 0. The molecule has 0 aromatic rings. The van der Waals surface area contributed by atoms with E-state index in [1.807, 2.05) is 0 Å². The standard InChI is InChI=1S/C4H6IO2/c5-3-1-2-4(6)7/h1-3H2. The lowest BCUT2D eigenvalue weighted by atomic mass is 10.3. The van der Waals surface area contributed by atoms with Gasteiger partial charge in [0.05, 0.1) is 6.42 Å². The van der Waals surface area contributed by atoms with Crippen molar-refractivity contribution in [2.75, 3.05) is 4.43 Å². The Hall–Kier alpha value is 0.200. The van der Waals surface area contributed by atoms with Crippen LogP contribution in [0.25, 0.3) is 0 Å². The van der Waals surface area contributed by atoms with E-state index < -0.39 is 5.97 Å². The summed E-state index contributed by atoms with van der Waals surface area (Å²) < 4.78 is 0.895. The van der Waals surface area contributed by atoms with Gasteiger partial charge in [-0.25, -0.2) is 9.90 Å². The summed E-state index contributed by atoms with van der Waals surface area (Å²) in [7, 11) is 0. The molecule has 0 aliphatic rings. The highest BCUT2D eigenvalue weighted by molar-refractivity contribution is 14.1. The monoisotopic (exact) mass is 213 g/mol.